The molecule has 0 aromatic heterocycles. The first-order valence-corrected chi connectivity index (χ1v) is 6.13. The van der Waals surface area contributed by atoms with Crippen molar-refractivity contribution in [3.63, 3.8) is 0 Å². The maximum atomic E-state index is 11.2. The maximum Gasteiger partial charge on any atom is 0.315 e. The molecule has 1 fully saturated rings. The lowest BCUT2D eigenvalue weighted by atomic mass is 10.00. The molecule has 1 amide bonds. The van der Waals surface area contributed by atoms with E-state index in [2.05, 4.69) is 17.9 Å². The lowest BCUT2D eigenvalue weighted by molar-refractivity contribution is -0.221. The second-order valence-corrected chi connectivity index (χ2v) is 4.30. The van der Waals surface area contributed by atoms with Gasteiger partial charge in [-0.25, -0.2) is 0 Å². The van der Waals surface area contributed by atoms with Gasteiger partial charge in [0, 0.05) is 13.3 Å². The molecule has 1 rings (SSSR count). The zero-order chi connectivity index (χ0) is 13.7. The highest BCUT2D eigenvalue weighted by Gasteiger charge is 2.40. The smallest absolute Gasteiger partial charge is 0.315 e. The van der Waals surface area contributed by atoms with Crippen LogP contribution in [0.1, 0.15) is 13.3 Å². The molecular formula is C10H17NO6S. The summed E-state index contributed by atoms with van der Waals surface area (Å²) in [5.74, 6) is -1.05. The predicted molar refractivity (Wildman–Crippen MR) is 63.9 cm³/mol. The van der Waals surface area contributed by atoms with E-state index in [1.165, 1.54) is 6.92 Å². The fraction of sp³-hybridized carbons (Fsp3) is 0.800. The Balaban J connectivity index is 2.74. The second-order valence-electron chi connectivity index (χ2n) is 3.98. The first-order valence-electron chi connectivity index (χ1n) is 5.49. The third kappa shape index (κ3) is 4.13. The number of carbonyl (C=O) groups is 2. The van der Waals surface area contributed by atoms with Crippen molar-refractivity contribution in [1.29, 1.82) is 0 Å². The van der Waals surface area contributed by atoms with Crippen LogP contribution >= 0.6 is 12.6 Å². The van der Waals surface area contributed by atoms with Crippen LogP contribution in [-0.2, 0) is 19.1 Å². The van der Waals surface area contributed by atoms with Crippen molar-refractivity contribution < 1.29 is 29.3 Å². The van der Waals surface area contributed by atoms with Crippen molar-refractivity contribution in [3.05, 3.63) is 0 Å². The summed E-state index contributed by atoms with van der Waals surface area (Å²) in [6.45, 7) is 0.973. The molecular weight excluding hydrogens is 262 g/mol. The van der Waals surface area contributed by atoms with E-state index in [-0.39, 0.29) is 24.7 Å². The maximum absolute atomic E-state index is 11.2. The highest BCUT2D eigenvalue weighted by molar-refractivity contribution is 7.81. The zero-order valence-corrected chi connectivity index (χ0v) is 10.8. The third-order valence-corrected chi connectivity index (χ3v) is 2.78. The average molecular weight is 279 g/mol. The number of aliphatic hydroxyl groups is 2. The van der Waals surface area contributed by atoms with Crippen LogP contribution in [0.3, 0.4) is 0 Å². The Hall–Kier alpha value is -0.830. The molecule has 1 heterocycles. The van der Waals surface area contributed by atoms with Gasteiger partial charge in [-0.05, 0) is 0 Å². The molecule has 0 aliphatic carbocycles. The normalized spacial score (nSPS) is 31.8. The van der Waals surface area contributed by atoms with Crippen LogP contribution < -0.4 is 5.32 Å². The Morgan fingerprint density at radius 1 is 1.56 bits per heavy atom. The molecule has 0 radical (unpaired) electrons. The van der Waals surface area contributed by atoms with Gasteiger partial charge in [0.15, 0.2) is 6.29 Å². The van der Waals surface area contributed by atoms with Gasteiger partial charge in [-0.1, -0.05) is 0 Å². The van der Waals surface area contributed by atoms with Gasteiger partial charge < -0.3 is 25.0 Å². The summed E-state index contributed by atoms with van der Waals surface area (Å²) in [5.41, 5.74) is 0. The van der Waals surface area contributed by atoms with Crippen LogP contribution in [0.2, 0.25) is 0 Å². The number of thiol groups is 1. The van der Waals surface area contributed by atoms with E-state index in [4.69, 9.17) is 14.6 Å². The van der Waals surface area contributed by atoms with Crippen molar-refractivity contribution >= 4 is 24.5 Å². The Morgan fingerprint density at radius 2 is 2.22 bits per heavy atom. The van der Waals surface area contributed by atoms with E-state index in [9.17, 15) is 14.7 Å². The van der Waals surface area contributed by atoms with Crippen molar-refractivity contribution in [1.82, 2.24) is 5.32 Å². The van der Waals surface area contributed by atoms with E-state index in [0.717, 1.165) is 0 Å². The predicted octanol–water partition coefficient (Wildman–Crippen LogP) is -1.57. The Bertz CT molecular complexity index is 313. The largest absolute Gasteiger partial charge is 0.459 e. The average Bonchev–Trinajstić information content (AvgIpc) is 2.32. The monoisotopic (exact) mass is 279 g/mol. The fourth-order valence-corrected chi connectivity index (χ4v) is 1.85. The quantitative estimate of drug-likeness (QED) is 0.366. The lowest BCUT2D eigenvalue weighted by Gasteiger charge is -2.38. The number of amides is 1. The molecule has 7 nitrogen and oxygen atoms in total. The van der Waals surface area contributed by atoms with Gasteiger partial charge in [-0.3, -0.25) is 9.59 Å². The van der Waals surface area contributed by atoms with Gasteiger partial charge in [-0.2, -0.15) is 12.6 Å². The molecule has 8 heteroatoms. The zero-order valence-electron chi connectivity index (χ0n) is 9.91. The van der Waals surface area contributed by atoms with Crippen molar-refractivity contribution in [2.45, 2.75) is 37.9 Å². The lowest BCUT2D eigenvalue weighted by Crippen LogP contribution is -2.58. The third-order valence-electron chi connectivity index (χ3n) is 2.52. The standard InChI is InChI=1S/C10H17NO6S/c1-5(13)11-9-7(17-8(14)4-18)2-6(3-12)16-10(9)15/h6-7,9-10,12,15,18H,2-4H2,1H3,(H,11,13). The van der Waals surface area contributed by atoms with Crippen LogP contribution in [0.5, 0.6) is 0 Å². The second kappa shape index (κ2) is 6.93. The van der Waals surface area contributed by atoms with Gasteiger partial charge >= 0.3 is 5.97 Å². The number of aliphatic hydroxyl groups excluding tert-OH is 2. The molecule has 0 spiro atoms. The van der Waals surface area contributed by atoms with E-state index in [0.29, 0.717) is 0 Å². The Morgan fingerprint density at radius 3 is 2.72 bits per heavy atom. The van der Waals surface area contributed by atoms with Gasteiger partial charge in [0.2, 0.25) is 5.91 Å². The minimum absolute atomic E-state index is 0.107. The van der Waals surface area contributed by atoms with Crippen LogP contribution in [0.25, 0.3) is 0 Å². The van der Waals surface area contributed by atoms with Crippen LogP contribution in [-0.4, -0.2) is 59.0 Å². The summed E-state index contributed by atoms with van der Waals surface area (Å²) in [4.78, 5) is 22.2. The molecule has 0 aromatic rings. The van der Waals surface area contributed by atoms with E-state index >= 15 is 0 Å². The van der Waals surface area contributed by atoms with Crippen LogP contribution in [0.15, 0.2) is 0 Å². The van der Waals surface area contributed by atoms with Gasteiger partial charge in [0.25, 0.3) is 0 Å². The first kappa shape index (κ1) is 15.2. The van der Waals surface area contributed by atoms with Crippen LogP contribution in [0.4, 0.5) is 0 Å². The van der Waals surface area contributed by atoms with E-state index in [1.54, 1.807) is 0 Å². The molecule has 0 aromatic carbocycles. The number of hydrogen-bond donors (Lipinski definition) is 4. The summed E-state index contributed by atoms with van der Waals surface area (Å²) >= 11 is 3.78. The summed E-state index contributed by atoms with van der Waals surface area (Å²) < 4.78 is 10.2. The SMILES string of the molecule is CC(=O)NC1C(O)OC(CO)CC1OC(=O)CS. The highest BCUT2D eigenvalue weighted by Crippen LogP contribution is 2.21. The molecule has 104 valence electrons. The minimum atomic E-state index is -1.34. The number of esters is 1. The first-order chi connectivity index (χ1) is 8.47. The number of carbonyl (C=O) groups excluding carboxylic acids is 2. The number of ether oxygens (including phenoxy) is 2. The molecule has 18 heavy (non-hydrogen) atoms. The minimum Gasteiger partial charge on any atom is -0.459 e. The summed E-state index contributed by atoms with van der Waals surface area (Å²) in [7, 11) is 0. The molecule has 1 aliphatic rings. The van der Waals surface area contributed by atoms with Gasteiger partial charge in [-0.15, -0.1) is 0 Å². The fourth-order valence-electron chi connectivity index (χ4n) is 1.77. The molecule has 4 unspecified atom stereocenters. The van der Waals surface area contributed by atoms with Crippen LogP contribution in [0, 0.1) is 0 Å². The molecule has 0 bridgehead atoms. The number of rotatable bonds is 4. The van der Waals surface area contributed by atoms with Crippen molar-refractivity contribution in [2.24, 2.45) is 0 Å². The summed E-state index contributed by atoms with van der Waals surface area (Å²) in [6, 6.07) is -0.853. The molecule has 1 aliphatic heterocycles. The molecule has 4 atom stereocenters. The molecule has 0 saturated carbocycles. The molecule has 3 N–H and O–H groups in total. The van der Waals surface area contributed by atoms with Gasteiger partial charge in [0.1, 0.15) is 12.1 Å². The van der Waals surface area contributed by atoms with Gasteiger partial charge in [0.05, 0.1) is 18.5 Å². The topological polar surface area (TPSA) is 105 Å². The van der Waals surface area contributed by atoms with Crippen molar-refractivity contribution in [2.75, 3.05) is 12.4 Å². The van der Waals surface area contributed by atoms with E-state index in [1.807, 2.05) is 0 Å². The van der Waals surface area contributed by atoms with Crippen molar-refractivity contribution in [3.8, 4) is 0 Å². The highest BCUT2D eigenvalue weighted by atomic mass is 32.1. The number of nitrogens with one attached hydrogen (secondary N) is 1. The van der Waals surface area contributed by atoms with E-state index < -0.39 is 30.5 Å². The number of hydrogen-bond acceptors (Lipinski definition) is 7. The summed E-state index contributed by atoms with van der Waals surface area (Å²) in [5, 5.41) is 21.2. The summed E-state index contributed by atoms with van der Waals surface area (Å²) in [6.07, 6.45) is -2.53. The Labute approximate surface area is 110 Å². The Kier molecular flexibility index (Phi) is 5.86. The molecule has 1 saturated heterocycles.